The normalized spacial score (nSPS) is 34.2. The molecule has 0 bridgehead atoms. The summed E-state index contributed by atoms with van der Waals surface area (Å²) < 4.78 is 9.58. The highest BCUT2D eigenvalue weighted by Gasteiger charge is 2.70. The standard InChI is InChI=1S/C13H19NO6/c1-2-3-8(15)19-6-20-11(16)9-7-4-5-13(14,10(7)9)12(17)18/h7,9-10H,2-6,14H2,1H3,(H,17,18)/t7-,9-,10-,13-/m0/s1. The van der Waals surface area contributed by atoms with Crippen LogP contribution in [0.25, 0.3) is 0 Å². The minimum absolute atomic E-state index is 0.0186. The summed E-state index contributed by atoms with van der Waals surface area (Å²) in [6, 6.07) is 0. The molecular formula is C13H19NO6. The van der Waals surface area contributed by atoms with Crippen LogP contribution in [0.2, 0.25) is 0 Å². The summed E-state index contributed by atoms with van der Waals surface area (Å²) >= 11 is 0. The highest BCUT2D eigenvalue weighted by atomic mass is 16.7. The van der Waals surface area contributed by atoms with Crippen LogP contribution in [0.1, 0.15) is 32.6 Å². The first-order valence-electron chi connectivity index (χ1n) is 6.76. The smallest absolute Gasteiger partial charge is 0.324 e. The number of rotatable bonds is 6. The van der Waals surface area contributed by atoms with Gasteiger partial charge in [0.25, 0.3) is 0 Å². The molecule has 7 nitrogen and oxygen atoms in total. The Morgan fingerprint density at radius 2 is 2.05 bits per heavy atom. The zero-order chi connectivity index (χ0) is 14.9. The van der Waals surface area contributed by atoms with E-state index in [1.54, 1.807) is 0 Å². The minimum Gasteiger partial charge on any atom is -0.480 e. The van der Waals surface area contributed by atoms with E-state index in [1.165, 1.54) is 0 Å². The largest absolute Gasteiger partial charge is 0.480 e. The molecule has 4 atom stereocenters. The molecule has 0 aromatic heterocycles. The maximum absolute atomic E-state index is 11.8. The van der Waals surface area contributed by atoms with Crippen molar-refractivity contribution in [1.29, 1.82) is 0 Å². The Bertz CT molecular complexity index is 437. The van der Waals surface area contributed by atoms with Gasteiger partial charge in [-0.3, -0.25) is 14.4 Å². The Morgan fingerprint density at radius 1 is 1.35 bits per heavy atom. The lowest BCUT2D eigenvalue weighted by Crippen LogP contribution is -2.49. The molecule has 2 fully saturated rings. The van der Waals surface area contributed by atoms with Crippen molar-refractivity contribution < 1.29 is 29.0 Å². The van der Waals surface area contributed by atoms with Crippen molar-refractivity contribution in [2.75, 3.05) is 6.79 Å². The number of aliphatic carboxylic acids is 1. The molecule has 0 saturated heterocycles. The number of carbonyl (C=O) groups excluding carboxylic acids is 2. The van der Waals surface area contributed by atoms with Gasteiger partial charge in [0.15, 0.2) is 0 Å². The Labute approximate surface area is 116 Å². The van der Waals surface area contributed by atoms with Crippen LogP contribution >= 0.6 is 0 Å². The third kappa shape index (κ3) is 2.49. The van der Waals surface area contributed by atoms with Crippen LogP contribution in [0, 0.1) is 17.8 Å². The van der Waals surface area contributed by atoms with Gasteiger partial charge in [0.1, 0.15) is 5.54 Å². The molecular weight excluding hydrogens is 266 g/mol. The molecule has 0 aromatic rings. The average Bonchev–Trinajstić information content (AvgIpc) is 3.01. The van der Waals surface area contributed by atoms with Gasteiger partial charge in [-0.1, -0.05) is 6.92 Å². The maximum Gasteiger partial charge on any atom is 0.324 e. The number of hydrogen-bond acceptors (Lipinski definition) is 6. The summed E-state index contributed by atoms with van der Waals surface area (Å²) in [5, 5.41) is 9.13. The second-order valence-electron chi connectivity index (χ2n) is 5.45. The number of hydrogen-bond donors (Lipinski definition) is 2. The molecule has 2 aliphatic carbocycles. The van der Waals surface area contributed by atoms with E-state index in [-0.39, 0.29) is 18.3 Å². The van der Waals surface area contributed by atoms with Gasteiger partial charge < -0.3 is 20.3 Å². The number of nitrogens with two attached hydrogens (primary N) is 1. The molecule has 0 amide bonds. The van der Waals surface area contributed by atoms with Crippen LogP contribution in [-0.4, -0.2) is 35.3 Å². The topological polar surface area (TPSA) is 116 Å². The van der Waals surface area contributed by atoms with Crippen LogP contribution in [-0.2, 0) is 23.9 Å². The molecule has 7 heteroatoms. The molecule has 0 aliphatic heterocycles. The molecule has 0 heterocycles. The van der Waals surface area contributed by atoms with Crippen molar-refractivity contribution in [3.63, 3.8) is 0 Å². The van der Waals surface area contributed by atoms with Gasteiger partial charge in [0, 0.05) is 12.3 Å². The van der Waals surface area contributed by atoms with Gasteiger partial charge in [-0.15, -0.1) is 0 Å². The van der Waals surface area contributed by atoms with Gasteiger partial charge in [-0.05, 0) is 25.2 Å². The molecule has 2 rings (SSSR count). The van der Waals surface area contributed by atoms with Crippen LogP contribution in [0.15, 0.2) is 0 Å². The van der Waals surface area contributed by atoms with Crippen LogP contribution in [0.3, 0.4) is 0 Å². The van der Waals surface area contributed by atoms with Crippen LogP contribution in [0.4, 0.5) is 0 Å². The van der Waals surface area contributed by atoms with Crippen molar-refractivity contribution >= 4 is 17.9 Å². The number of ether oxygens (including phenoxy) is 2. The van der Waals surface area contributed by atoms with Crippen molar-refractivity contribution in [1.82, 2.24) is 0 Å². The Balaban J connectivity index is 1.79. The van der Waals surface area contributed by atoms with E-state index in [9.17, 15) is 14.4 Å². The first kappa shape index (κ1) is 14.8. The summed E-state index contributed by atoms with van der Waals surface area (Å²) in [4.78, 5) is 34.1. The first-order valence-corrected chi connectivity index (χ1v) is 6.76. The van der Waals surface area contributed by atoms with Gasteiger partial charge in [0.05, 0.1) is 5.92 Å². The first-order chi connectivity index (χ1) is 9.41. The second kappa shape index (κ2) is 5.40. The molecule has 112 valence electrons. The summed E-state index contributed by atoms with van der Waals surface area (Å²) in [7, 11) is 0. The SMILES string of the molecule is CCCC(=O)OCOC(=O)[C@H]1[C@@H]2CC[C@@](N)(C(=O)O)[C@@H]21. The molecule has 20 heavy (non-hydrogen) atoms. The second-order valence-corrected chi connectivity index (χ2v) is 5.45. The number of esters is 2. The van der Waals surface area contributed by atoms with Gasteiger partial charge in [-0.2, -0.15) is 0 Å². The predicted molar refractivity (Wildman–Crippen MR) is 66.2 cm³/mol. The molecule has 2 saturated carbocycles. The fraction of sp³-hybridized carbons (Fsp3) is 0.769. The number of carbonyl (C=O) groups is 3. The van der Waals surface area contributed by atoms with E-state index in [0.29, 0.717) is 19.3 Å². The zero-order valence-corrected chi connectivity index (χ0v) is 11.3. The summed E-state index contributed by atoms with van der Waals surface area (Å²) in [6.45, 7) is 1.42. The Hall–Kier alpha value is -1.63. The van der Waals surface area contributed by atoms with Crippen molar-refractivity contribution in [3.05, 3.63) is 0 Å². The number of carboxylic acids is 1. The quantitative estimate of drug-likeness (QED) is 0.531. The molecule has 3 N–H and O–H groups in total. The highest BCUT2D eigenvalue weighted by Crippen LogP contribution is 2.61. The molecule has 2 aliphatic rings. The lowest BCUT2D eigenvalue weighted by atomic mass is 9.92. The maximum atomic E-state index is 11.8. The summed E-state index contributed by atoms with van der Waals surface area (Å²) in [6.07, 6.45) is 1.93. The fourth-order valence-corrected chi connectivity index (χ4v) is 3.10. The number of fused-ring (bicyclic) bond motifs is 1. The molecule has 0 aromatic carbocycles. The fourth-order valence-electron chi connectivity index (χ4n) is 3.10. The predicted octanol–water partition coefficient (Wildman–Crippen LogP) is 0.269. The van der Waals surface area contributed by atoms with Crippen molar-refractivity contribution in [3.8, 4) is 0 Å². The molecule has 0 unspecified atom stereocenters. The van der Waals surface area contributed by atoms with E-state index in [1.807, 2.05) is 6.92 Å². The van der Waals surface area contributed by atoms with E-state index in [0.717, 1.165) is 0 Å². The van der Waals surface area contributed by atoms with E-state index in [2.05, 4.69) is 0 Å². The van der Waals surface area contributed by atoms with E-state index in [4.69, 9.17) is 20.3 Å². The Morgan fingerprint density at radius 3 is 2.65 bits per heavy atom. The van der Waals surface area contributed by atoms with Crippen molar-refractivity contribution in [2.45, 2.75) is 38.1 Å². The third-order valence-electron chi connectivity index (χ3n) is 4.20. The zero-order valence-electron chi connectivity index (χ0n) is 11.3. The average molecular weight is 285 g/mol. The summed E-state index contributed by atoms with van der Waals surface area (Å²) in [5.74, 6) is -2.88. The molecule has 0 radical (unpaired) electrons. The van der Waals surface area contributed by atoms with Crippen LogP contribution < -0.4 is 5.73 Å². The van der Waals surface area contributed by atoms with Crippen LogP contribution in [0.5, 0.6) is 0 Å². The van der Waals surface area contributed by atoms with Gasteiger partial charge in [0.2, 0.25) is 6.79 Å². The summed E-state index contributed by atoms with van der Waals surface area (Å²) in [5.41, 5.74) is 4.51. The number of carboxylic acid groups (broad SMARTS) is 1. The third-order valence-corrected chi connectivity index (χ3v) is 4.20. The Kier molecular flexibility index (Phi) is 3.99. The van der Waals surface area contributed by atoms with E-state index < -0.39 is 36.2 Å². The van der Waals surface area contributed by atoms with Crippen molar-refractivity contribution in [2.24, 2.45) is 23.5 Å². The van der Waals surface area contributed by atoms with Gasteiger partial charge in [-0.25, -0.2) is 0 Å². The molecule has 0 spiro atoms. The highest BCUT2D eigenvalue weighted by molar-refractivity contribution is 5.85. The lowest BCUT2D eigenvalue weighted by molar-refractivity contribution is -0.168. The van der Waals surface area contributed by atoms with Gasteiger partial charge >= 0.3 is 17.9 Å². The minimum atomic E-state index is -1.33. The monoisotopic (exact) mass is 285 g/mol. The lowest BCUT2D eigenvalue weighted by Gasteiger charge is -2.21. The van der Waals surface area contributed by atoms with E-state index >= 15 is 0 Å².